The van der Waals surface area contributed by atoms with Gasteiger partial charge in [-0.3, -0.25) is 9.52 Å². The summed E-state index contributed by atoms with van der Waals surface area (Å²) >= 11 is 1.14. The maximum absolute atomic E-state index is 14.3. The molecule has 3 aromatic rings. The zero-order valence-electron chi connectivity index (χ0n) is 26.7. The Bertz CT molecular complexity index is 1680. The van der Waals surface area contributed by atoms with Crippen LogP contribution in [-0.2, 0) is 31.8 Å². The summed E-state index contributed by atoms with van der Waals surface area (Å²) in [6.45, 7) is 5.71. The number of carbonyl (C=O) groups excluding carboxylic acids is 1. The Kier molecular flexibility index (Phi) is 11.9. The molecule has 16 heteroatoms. The van der Waals surface area contributed by atoms with Gasteiger partial charge < -0.3 is 24.0 Å². The van der Waals surface area contributed by atoms with Crippen LogP contribution in [0.25, 0.3) is 0 Å². The highest BCUT2D eigenvalue weighted by molar-refractivity contribution is 7.92. The average Bonchev–Trinajstić information content (AvgIpc) is 3.71. The number of likely N-dealkylation sites (N-methyl/N-ethyl adjacent to an activating group) is 1. The molecule has 0 aliphatic carbocycles. The molecule has 0 saturated carbocycles. The summed E-state index contributed by atoms with van der Waals surface area (Å²) in [4.78, 5) is 19.7. The van der Waals surface area contributed by atoms with Crippen molar-refractivity contribution in [3.8, 4) is 5.75 Å². The molecular formula is C30H43N5O8S3. The number of nitrogens with zero attached hydrogens (tertiary/aromatic N) is 4. The smallest absolute Gasteiger partial charge is 0.280 e. The van der Waals surface area contributed by atoms with Crippen molar-refractivity contribution in [1.29, 1.82) is 0 Å². The third-order valence-electron chi connectivity index (χ3n) is 7.86. The fourth-order valence-electron chi connectivity index (χ4n) is 5.10. The fourth-order valence-corrected chi connectivity index (χ4v) is 8.52. The van der Waals surface area contributed by atoms with Crippen LogP contribution >= 0.6 is 11.3 Å². The number of hydrogen-bond donors (Lipinski definition) is 2. The van der Waals surface area contributed by atoms with Gasteiger partial charge in [0, 0.05) is 51.6 Å². The number of ether oxygens (including phenoxy) is 2. The summed E-state index contributed by atoms with van der Waals surface area (Å²) in [5, 5.41) is 11.7. The Morgan fingerprint density at radius 1 is 1.20 bits per heavy atom. The molecule has 46 heavy (non-hydrogen) atoms. The SMILES string of the molecule is C[C@@H]1CN([C@H](C)CO)C(=O)c2cc(NS(=O)(=O)c3cn(C)cn3)ccc2O[C@@H](C)CCCCO[C@@H]1CN(C)S(=O)(=O)c1cccs1. The van der Waals surface area contributed by atoms with E-state index < -0.39 is 38.1 Å². The zero-order valence-corrected chi connectivity index (χ0v) is 29.1. The molecule has 0 unspecified atom stereocenters. The minimum atomic E-state index is -4.04. The van der Waals surface area contributed by atoms with E-state index in [1.807, 2.05) is 13.8 Å². The van der Waals surface area contributed by atoms with E-state index in [0.717, 1.165) is 24.2 Å². The van der Waals surface area contributed by atoms with Gasteiger partial charge >= 0.3 is 0 Å². The molecule has 2 aromatic heterocycles. The molecule has 0 saturated heterocycles. The molecule has 0 fully saturated rings. The van der Waals surface area contributed by atoms with Crippen molar-refractivity contribution in [2.45, 2.75) is 67.5 Å². The fraction of sp³-hybridized carbons (Fsp3) is 0.533. The molecule has 2 N–H and O–H groups in total. The van der Waals surface area contributed by atoms with Crippen molar-refractivity contribution in [1.82, 2.24) is 18.8 Å². The lowest BCUT2D eigenvalue weighted by atomic mass is 10.0. The molecule has 4 atom stereocenters. The third-order valence-corrected chi connectivity index (χ3v) is 12.3. The molecular weight excluding hydrogens is 655 g/mol. The second-order valence-electron chi connectivity index (χ2n) is 11.7. The molecule has 0 bridgehead atoms. The Morgan fingerprint density at radius 3 is 2.61 bits per heavy atom. The van der Waals surface area contributed by atoms with Crippen LogP contribution in [0.4, 0.5) is 5.69 Å². The molecule has 0 radical (unpaired) electrons. The molecule has 1 aliphatic heterocycles. The van der Waals surface area contributed by atoms with Crippen LogP contribution in [0, 0.1) is 5.92 Å². The Hall–Kier alpha value is -3.02. The number of aryl methyl sites for hydroxylation is 1. The molecule has 4 rings (SSSR count). The number of aromatic nitrogens is 2. The van der Waals surface area contributed by atoms with Gasteiger partial charge in [0.2, 0.25) is 0 Å². The Balaban J connectivity index is 1.68. The highest BCUT2D eigenvalue weighted by Gasteiger charge is 2.33. The van der Waals surface area contributed by atoms with Crippen molar-refractivity contribution in [3.63, 3.8) is 0 Å². The lowest BCUT2D eigenvalue weighted by Gasteiger charge is -2.35. The van der Waals surface area contributed by atoms with Gasteiger partial charge in [-0.25, -0.2) is 13.4 Å². The van der Waals surface area contributed by atoms with E-state index in [2.05, 4.69) is 9.71 Å². The topological polar surface area (TPSA) is 160 Å². The monoisotopic (exact) mass is 697 g/mol. The number of anilines is 1. The van der Waals surface area contributed by atoms with Gasteiger partial charge in [-0.15, -0.1) is 11.3 Å². The van der Waals surface area contributed by atoms with Crippen molar-refractivity contribution in [2.75, 3.05) is 38.1 Å². The highest BCUT2D eigenvalue weighted by atomic mass is 32.2. The quantitative estimate of drug-likeness (QED) is 0.342. The van der Waals surface area contributed by atoms with E-state index in [4.69, 9.17) is 9.47 Å². The van der Waals surface area contributed by atoms with Crippen molar-refractivity contribution in [3.05, 3.63) is 53.8 Å². The first kappa shape index (κ1) is 35.8. The van der Waals surface area contributed by atoms with Crippen molar-refractivity contribution < 1.29 is 36.2 Å². The number of imidazole rings is 1. The second kappa shape index (κ2) is 15.3. The summed E-state index contributed by atoms with van der Waals surface area (Å²) in [5.74, 6) is -0.548. The van der Waals surface area contributed by atoms with Gasteiger partial charge in [0.1, 0.15) is 9.96 Å². The largest absolute Gasteiger partial charge is 0.490 e. The predicted octanol–water partition coefficient (Wildman–Crippen LogP) is 3.40. The second-order valence-corrected chi connectivity index (χ2v) is 16.6. The normalized spacial score (nSPS) is 21.3. The number of rotatable bonds is 9. The first-order chi connectivity index (χ1) is 21.7. The minimum absolute atomic E-state index is 0.0620. The van der Waals surface area contributed by atoms with Gasteiger partial charge in [0.05, 0.1) is 36.7 Å². The van der Waals surface area contributed by atoms with E-state index in [1.54, 1.807) is 37.6 Å². The number of nitrogens with one attached hydrogen (secondary N) is 1. The number of carbonyl (C=O) groups is 1. The average molecular weight is 698 g/mol. The van der Waals surface area contributed by atoms with E-state index in [1.165, 1.54) is 45.5 Å². The number of amides is 1. The highest BCUT2D eigenvalue weighted by Crippen LogP contribution is 2.30. The summed E-state index contributed by atoms with van der Waals surface area (Å²) in [6.07, 6.45) is 4.05. The summed E-state index contributed by atoms with van der Waals surface area (Å²) < 4.78 is 70.5. The van der Waals surface area contributed by atoms with E-state index in [-0.39, 0.29) is 58.0 Å². The number of thiophene rings is 1. The summed E-state index contributed by atoms with van der Waals surface area (Å²) in [5.41, 5.74) is 0.258. The third kappa shape index (κ3) is 8.66. The van der Waals surface area contributed by atoms with Gasteiger partial charge in [0.25, 0.3) is 26.0 Å². The molecule has 0 spiro atoms. The zero-order chi connectivity index (χ0) is 33.6. The predicted molar refractivity (Wildman–Crippen MR) is 175 cm³/mol. The molecule has 3 heterocycles. The maximum Gasteiger partial charge on any atom is 0.280 e. The van der Waals surface area contributed by atoms with Gasteiger partial charge in [-0.2, -0.15) is 12.7 Å². The van der Waals surface area contributed by atoms with Gasteiger partial charge in [0.15, 0.2) is 5.03 Å². The number of hydrogen-bond acceptors (Lipinski definition) is 10. The minimum Gasteiger partial charge on any atom is -0.490 e. The van der Waals surface area contributed by atoms with Crippen LogP contribution in [0.3, 0.4) is 0 Å². The summed E-state index contributed by atoms with van der Waals surface area (Å²) in [7, 11) is -4.61. The molecule has 1 aromatic carbocycles. The first-order valence-electron chi connectivity index (χ1n) is 15.1. The first-order valence-corrected chi connectivity index (χ1v) is 18.9. The summed E-state index contributed by atoms with van der Waals surface area (Å²) in [6, 6.07) is 7.13. The van der Waals surface area contributed by atoms with E-state index in [9.17, 15) is 26.7 Å². The number of aliphatic hydroxyl groups excluding tert-OH is 1. The van der Waals surface area contributed by atoms with Crippen LogP contribution < -0.4 is 9.46 Å². The van der Waals surface area contributed by atoms with E-state index >= 15 is 0 Å². The number of fused-ring (bicyclic) bond motifs is 1. The molecule has 1 aliphatic rings. The van der Waals surface area contributed by atoms with Crippen LogP contribution in [0.5, 0.6) is 5.75 Å². The van der Waals surface area contributed by atoms with Crippen molar-refractivity contribution >= 4 is 43.0 Å². The Morgan fingerprint density at radius 2 is 1.96 bits per heavy atom. The molecule has 13 nitrogen and oxygen atoms in total. The van der Waals surface area contributed by atoms with Gasteiger partial charge in [-0.1, -0.05) is 13.0 Å². The van der Waals surface area contributed by atoms with E-state index in [0.29, 0.717) is 13.0 Å². The van der Waals surface area contributed by atoms with Crippen LogP contribution in [-0.4, -0.2) is 98.2 Å². The van der Waals surface area contributed by atoms with Crippen LogP contribution in [0.1, 0.15) is 50.4 Å². The van der Waals surface area contributed by atoms with Gasteiger partial charge in [-0.05, 0) is 62.8 Å². The van der Waals surface area contributed by atoms with Crippen molar-refractivity contribution in [2.24, 2.45) is 13.0 Å². The molecule has 1 amide bonds. The molecule has 254 valence electrons. The maximum atomic E-state index is 14.3. The standard InChI is InChI=1S/C30H43N5O8S3/c1-21-16-35(22(2)19-36)30(37)25-15-24(32-45(38,39)28-18-33(4)20-31-28)11-12-26(25)43-23(3)9-6-7-13-42-27(21)17-34(5)46(40,41)29-10-8-14-44-29/h8,10-12,14-15,18,20-23,27,32,36H,6-7,9,13,16-17,19H2,1-5H3/t21-,22-,23+,27-/m1/s1. The lowest BCUT2D eigenvalue weighted by molar-refractivity contribution is -0.00832. The van der Waals surface area contributed by atoms with Crippen LogP contribution in [0.15, 0.2) is 57.5 Å². The number of sulfonamides is 2. The number of benzene rings is 1. The Labute approximate surface area is 275 Å². The van der Waals surface area contributed by atoms with Crippen LogP contribution in [0.2, 0.25) is 0 Å². The lowest BCUT2D eigenvalue weighted by Crippen LogP contribution is -2.48. The number of aliphatic hydroxyl groups is 1.